The minimum atomic E-state index is -1.24. The predicted molar refractivity (Wildman–Crippen MR) is 139 cm³/mol. The van der Waals surface area contributed by atoms with E-state index in [0.717, 1.165) is 11.3 Å². The van der Waals surface area contributed by atoms with Crippen molar-refractivity contribution in [1.82, 2.24) is 5.32 Å². The topological polar surface area (TPSA) is 76.7 Å². The maximum absolute atomic E-state index is 13.9. The SMILES string of the molecule is COC(=O)C1=C(C(=O)NC2=CC(F)=CCC2C)C2C=CC1(C(Cc1ccccc1)Nc1ccccc1)O2. The summed E-state index contributed by atoms with van der Waals surface area (Å²) in [5.41, 5.74) is 1.45. The zero-order valence-electron chi connectivity index (χ0n) is 20.7. The number of halogens is 1. The van der Waals surface area contributed by atoms with Gasteiger partial charge in [0.05, 0.1) is 24.3 Å². The van der Waals surface area contributed by atoms with Crippen LogP contribution in [0.15, 0.2) is 108 Å². The minimum absolute atomic E-state index is 0.0692. The third-order valence-electron chi connectivity index (χ3n) is 7.08. The highest BCUT2D eigenvalue weighted by Gasteiger charge is 2.58. The second-order valence-corrected chi connectivity index (χ2v) is 9.50. The Morgan fingerprint density at radius 2 is 1.84 bits per heavy atom. The van der Waals surface area contributed by atoms with Crippen LogP contribution in [-0.4, -0.2) is 36.7 Å². The van der Waals surface area contributed by atoms with Crippen LogP contribution < -0.4 is 10.6 Å². The zero-order chi connectivity index (χ0) is 26.0. The lowest BCUT2D eigenvalue weighted by atomic mass is 9.78. The number of benzene rings is 2. The molecule has 7 heteroatoms. The molecule has 0 saturated carbocycles. The highest BCUT2D eigenvalue weighted by atomic mass is 19.1. The highest BCUT2D eigenvalue weighted by Crippen LogP contribution is 2.47. The number of amides is 1. The number of carbonyl (C=O) groups is 2. The van der Waals surface area contributed by atoms with Crippen LogP contribution in [0.25, 0.3) is 0 Å². The van der Waals surface area contributed by atoms with Crippen LogP contribution in [-0.2, 0) is 25.5 Å². The van der Waals surface area contributed by atoms with Gasteiger partial charge in [-0.1, -0.05) is 61.5 Å². The van der Waals surface area contributed by atoms with Gasteiger partial charge in [-0.3, -0.25) is 4.79 Å². The molecule has 0 radical (unpaired) electrons. The summed E-state index contributed by atoms with van der Waals surface area (Å²) in [4.78, 5) is 26.8. The predicted octanol–water partition coefficient (Wildman–Crippen LogP) is 4.78. The van der Waals surface area contributed by atoms with E-state index in [2.05, 4.69) is 10.6 Å². The maximum atomic E-state index is 13.9. The molecule has 4 unspecified atom stereocenters. The number of esters is 1. The number of para-hydroxylation sites is 1. The van der Waals surface area contributed by atoms with Gasteiger partial charge < -0.3 is 20.1 Å². The molecule has 2 aromatic carbocycles. The molecule has 1 amide bonds. The zero-order valence-corrected chi connectivity index (χ0v) is 20.7. The van der Waals surface area contributed by atoms with Crippen LogP contribution in [0, 0.1) is 5.92 Å². The Balaban J connectivity index is 1.56. The number of nitrogens with one attached hydrogen (secondary N) is 2. The fourth-order valence-electron chi connectivity index (χ4n) is 5.17. The van der Waals surface area contributed by atoms with Gasteiger partial charge in [0.1, 0.15) is 17.5 Å². The summed E-state index contributed by atoms with van der Waals surface area (Å²) in [7, 11) is 1.29. The van der Waals surface area contributed by atoms with Crippen LogP contribution in [0.5, 0.6) is 0 Å². The highest BCUT2D eigenvalue weighted by molar-refractivity contribution is 6.07. The van der Waals surface area contributed by atoms with Gasteiger partial charge in [-0.15, -0.1) is 0 Å². The molecule has 2 aromatic rings. The van der Waals surface area contributed by atoms with Crippen molar-refractivity contribution in [2.75, 3.05) is 12.4 Å². The molecule has 3 aliphatic rings. The summed E-state index contributed by atoms with van der Waals surface area (Å²) in [6.45, 7) is 1.91. The third kappa shape index (κ3) is 4.74. The van der Waals surface area contributed by atoms with E-state index < -0.39 is 35.5 Å². The van der Waals surface area contributed by atoms with Crippen LogP contribution in [0.3, 0.4) is 0 Å². The van der Waals surface area contributed by atoms with E-state index in [4.69, 9.17) is 9.47 Å². The Bertz CT molecular complexity index is 1270. The fourth-order valence-corrected chi connectivity index (χ4v) is 5.17. The van der Waals surface area contributed by atoms with Crippen molar-refractivity contribution in [3.05, 3.63) is 113 Å². The van der Waals surface area contributed by atoms with E-state index in [1.165, 1.54) is 19.3 Å². The second-order valence-electron chi connectivity index (χ2n) is 9.50. The van der Waals surface area contributed by atoms with Crippen LogP contribution in [0.4, 0.5) is 10.1 Å². The molecule has 0 aromatic heterocycles. The Kier molecular flexibility index (Phi) is 6.80. The summed E-state index contributed by atoms with van der Waals surface area (Å²) in [6.07, 6.45) is 6.70. The number of fused-ring (bicyclic) bond motifs is 2. The molecule has 2 aliphatic heterocycles. The number of methoxy groups -OCH3 is 1. The Labute approximate surface area is 215 Å². The number of allylic oxidation sites excluding steroid dienone is 4. The molecule has 4 atom stereocenters. The van der Waals surface area contributed by atoms with Crippen molar-refractivity contribution in [1.29, 1.82) is 0 Å². The summed E-state index contributed by atoms with van der Waals surface area (Å²) in [5.74, 6) is -1.60. The van der Waals surface area contributed by atoms with Crippen molar-refractivity contribution >= 4 is 17.6 Å². The van der Waals surface area contributed by atoms with E-state index in [1.54, 1.807) is 6.08 Å². The Morgan fingerprint density at radius 3 is 2.54 bits per heavy atom. The van der Waals surface area contributed by atoms with Crippen molar-refractivity contribution < 1.29 is 23.5 Å². The molecule has 2 heterocycles. The molecule has 1 aliphatic carbocycles. The van der Waals surface area contributed by atoms with Crippen LogP contribution in [0.1, 0.15) is 18.9 Å². The lowest BCUT2D eigenvalue weighted by molar-refractivity contribution is -0.138. The first-order valence-electron chi connectivity index (χ1n) is 12.4. The molecule has 0 spiro atoms. The Hall–Kier alpha value is -3.97. The van der Waals surface area contributed by atoms with Gasteiger partial charge in [0.2, 0.25) is 0 Å². The molecule has 2 N–H and O–H groups in total. The summed E-state index contributed by atoms with van der Waals surface area (Å²) in [6, 6.07) is 19.1. The molecular formula is C30H29FN2O4. The van der Waals surface area contributed by atoms with Crippen LogP contribution >= 0.6 is 0 Å². The van der Waals surface area contributed by atoms with Gasteiger partial charge in [-0.25, -0.2) is 9.18 Å². The first-order chi connectivity index (χ1) is 17.9. The molecule has 0 saturated heterocycles. The Morgan fingerprint density at radius 1 is 1.14 bits per heavy atom. The standard InChI is InChI=1S/C30H29FN2O4/c1-19-13-14-21(31)18-23(19)33-28(34)26-24-15-16-30(37-24,27(26)29(35)36-2)25(17-20-9-5-3-6-10-20)32-22-11-7-4-8-12-22/h3-12,14-16,18-19,24-25,32H,13,17H2,1-2H3,(H,33,34). The average molecular weight is 501 g/mol. The first kappa shape index (κ1) is 24.7. The third-order valence-corrected chi connectivity index (χ3v) is 7.08. The quantitative estimate of drug-likeness (QED) is 0.403. The average Bonchev–Trinajstić information content (AvgIpc) is 3.49. The maximum Gasteiger partial charge on any atom is 0.337 e. The number of anilines is 1. The van der Waals surface area contributed by atoms with Gasteiger partial charge in [0.25, 0.3) is 5.91 Å². The molecule has 5 rings (SSSR count). The smallest absolute Gasteiger partial charge is 0.337 e. The van der Waals surface area contributed by atoms with Gasteiger partial charge in [0, 0.05) is 11.4 Å². The van der Waals surface area contributed by atoms with E-state index in [9.17, 15) is 14.0 Å². The minimum Gasteiger partial charge on any atom is -0.466 e. The number of rotatable bonds is 8. The first-order valence-corrected chi connectivity index (χ1v) is 12.4. The normalized spacial score (nSPS) is 24.8. The number of hydrogen-bond donors (Lipinski definition) is 2. The number of carbonyl (C=O) groups excluding carboxylic acids is 2. The molecule has 0 fully saturated rings. The molecule has 190 valence electrons. The lowest BCUT2D eigenvalue weighted by Gasteiger charge is -2.36. The number of ether oxygens (including phenoxy) is 2. The molecule has 6 nitrogen and oxygen atoms in total. The van der Waals surface area contributed by atoms with Gasteiger partial charge in [-0.2, -0.15) is 0 Å². The molecular weight excluding hydrogens is 471 g/mol. The van der Waals surface area contributed by atoms with Crippen molar-refractivity contribution in [2.24, 2.45) is 5.92 Å². The van der Waals surface area contributed by atoms with Gasteiger partial charge in [0.15, 0.2) is 0 Å². The monoisotopic (exact) mass is 500 g/mol. The van der Waals surface area contributed by atoms with Gasteiger partial charge in [-0.05, 0) is 54.7 Å². The summed E-state index contributed by atoms with van der Waals surface area (Å²) < 4.78 is 25.6. The van der Waals surface area contributed by atoms with Crippen molar-refractivity contribution in [3.63, 3.8) is 0 Å². The molecule has 37 heavy (non-hydrogen) atoms. The van der Waals surface area contributed by atoms with E-state index in [-0.39, 0.29) is 17.1 Å². The van der Waals surface area contributed by atoms with Crippen molar-refractivity contribution in [2.45, 2.75) is 37.5 Å². The van der Waals surface area contributed by atoms with E-state index in [0.29, 0.717) is 18.5 Å². The fraction of sp³-hybridized carbons (Fsp3) is 0.267. The summed E-state index contributed by atoms with van der Waals surface area (Å²) in [5, 5.41) is 6.36. The van der Waals surface area contributed by atoms with E-state index in [1.807, 2.05) is 73.7 Å². The number of hydrogen-bond acceptors (Lipinski definition) is 5. The van der Waals surface area contributed by atoms with Gasteiger partial charge >= 0.3 is 5.97 Å². The second kappa shape index (κ2) is 10.2. The summed E-state index contributed by atoms with van der Waals surface area (Å²) >= 11 is 0. The lowest BCUT2D eigenvalue weighted by Crippen LogP contribution is -2.49. The molecule has 2 bridgehead atoms. The van der Waals surface area contributed by atoms with Crippen LogP contribution in [0.2, 0.25) is 0 Å². The van der Waals surface area contributed by atoms with Crippen molar-refractivity contribution in [3.8, 4) is 0 Å². The van der Waals surface area contributed by atoms with E-state index >= 15 is 0 Å². The largest absolute Gasteiger partial charge is 0.466 e.